The molecule has 3 heterocycles. The van der Waals surface area contributed by atoms with Crippen LogP contribution in [0.15, 0.2) is 6.20 Å². The van der Waals surface area contributed by atoms with Gasteiger partial charge in [-0.3, -0.25) is 0 Å². The highest BCUT2D eigenvalue weighted by molar-refractivity contribution is 5.27. The van der Waals surface area contributed by atoms with E-state index in [0.29, 0.717) is 19.1 Å². The van der Waals surface area contributed by atoms with Gasteiger partial charge < -0.3 is 14.6 Å². The standard InChI is InChI=1S/C13H18N4O/c1-17-4-2-3-10(6-17)11-5-15-12(16-11)13(7-14)8-18-9-13/h5,10H,2-4,6,8-9H2,1H3,(H,15,16). The smallest absolute Gasteiger partial charge is 0.161 e. The third kappa shape index (κ3) is 1.82. The van der Waals surface area contributed by atoms with Gasteiger partial charge in [0.2, 0.25) is 0 Å². The molecule has 96 valence electrons. The van der Waals surface area contributed by atoms with Crippen molar-refractivity contribution in [2.75, 3.05) is 33.4 Å². The third-order valence-electron chi connectivity index (χ3n) is 4.02. The maximum absolute atomic E-state index is 9.25. The second-order valence-corrected chi connectivity index (χ2v) is 5.48. The lowest BCUT2D eigenvalue weighted by molar-refractivity contribution is -0.0336. The van der Waals surface area contributed by atoms with Crippen molar-refractivity contribution in [2.24, 2.45) is 0 Å². The molecule has 1 aromatic rings. The van der Waals surface area contributed by atoms with Crippen molar-refractivity contribution in [3.8, 4) is 6.07 Å². The average Bonchev–Trinajstić information content (AvgIpc) is 2.78. The number of aromatic amines is 1. The summed E-state index contributed by atoms with van der Waals surface area (Å²) in [5, 5.41) is 9.25. The normalized spacial score (nSPS) is 27.4. The average molecular weight is 246 g/mol. The van der Waals surface area contributed by atoms with Gasteiger partial charge in [0.1, 0.15) is 5.82 Å². The number of ether oxygens (including phenoxy) is 1. The van der Waals surface area contributed by atoms with Gasteiger partial charge in [0.05, 0.1) is 19.3 Å². The lowest BCUT2D eigenvalue weighted by atomic mass is 9.87. The summed E-state index contributed by atoms with van der Waals surface area (Å²) in [7, 11) is 2.15. The van der Waals surface area contributed by atoms with E-state index in [0.717, 1.165) is 18.1 Å². The zero-order chi connectivity index (χ0) is 12.6. The number of piperidine rings is 1. The molecule has 0 aliphatic carbocycles. The van der Waals surface area contributed by atoms with E-state index in [4.69, 9.17) is 4.74 Å². The highest BCUT2D eigenvalue weighted by Crippen LogP contribution is 2.32. The SMILES string of the molecule is CN1CCCC(c2cnc(C3(C#N)COC3)[nH]2)C1. The molecule has 5 heteroatoms. The Kier molecular flexibility index (Phi) is 2.84. The Bertz CT molecular complexity index is 472. The van der Waals surface area contributed by atoms with Crippen LogP contribution in [0.25, 0.3) is 0 Å². The molecule has 0 spiro atoms. The summed E-state index contributed by atoms with van der Waals surface area (Å²) in [6.45, 7) is 3.16. The molecule has 18 heavy (non-hydrogen) atoms. The van der Waals surface area contributed by atoms with Crippen molar-refractivity contribution in [3.63, 3.8) is 0 Å². The lowest BCUT2D eigenvalue weighted by Gasteiger charge is -2.33. The minimum Gasteiger partial charge on any atom is -0.377 e. The fourth-order valence-corrected chi connectivity index (χ4v) is 2.77. The van der Waals surface area contributed by atoms with Crippen LogP contribution in [-0.2, 0) is 10.2 Å². The highest BCUT2D eigenvalue weighted by atomic mass is 16.5. The number of aromatic nitrogens is 2. The van der Waals surface area contributed by atoms with E-state index in [1.165, 1.54) is 19.4 Å². The maximum atomic E-state index is 9.25. The first-order valence-corrected chi connectivity index (χ1v) is 6.46. The molecule has 1 N–H and O–H groups in total. The molecular formula is C13H18N4O. The maximum Gasteiger partial charge on any atom is 0.161 e. The Morgan fingerprint density at radius 3 is 3.06 bits per heavy atom. The molecule has 5 nitrogen and oxygen atoms in total. The molecule has 0 saturated carbocycles. The Hall–Kier alpha value is -1.38. The third-order valence-corrected chi connectivity index (χ3v) is 4.02. The summed E-state index contributed by atoms with van der Waals surface area (Å²) < 4.78 is 5.16. The van der Waals surface area contributed by atoms with Crippen LogP contribution in [0, 0.1) is 11.3 Å². The van der Waals surface area contributed by atoms with Crippen molar-refractivity contribution in [1.82, 2.24) is 14.9 Å². The molecule has 0 radical (unpaired) electrons. The van der Waals surface area contributed by atoms with Crippen LogP contribution in [-0.4, -0.2) is 48.2 Å². The van der Waals surface area contributed by atoms with Gasteiger partial charge in [0, 0.05) is 24.4 Å². The molecule has 3 rings (SSSR count). The largest absolute Gasteiger partial charge is 0.377 e. The minimum atomic E-state index is -0.529. The fourth-order valence-electron chi connectivity index (χ4n) is 2.77. The number of nitrogens with zero attached hydrogens (tertiary/aromatic N) is 3. The van der Waals surface area contributed by atoms with Crippen LogP contribution < -0.4 is 0 Å². The van der Waals surface area contributed by atoms with E-state index in [-0.39, 0.29) is 0 Å². The molecule has 2 fully saturated rings. The van der Waals surface area contributed by atoms with Crippen LogP contribution in [0.4, 0.5) is 0 Å². The van der Waals surface area contributed by atoms with Crippen LogP contribution >= 0.6 is 0 Å². The van der Waals surface area contributed by atoms with E-state index in [1.54, 1.807) is 0 Å². The Morgan fingerprint density at radius 1 is 1.61 bits per heavy atom. The van der Waals surface area contributed by atoms with Gasteiger partial charge in [-0.15, -0.1) is 0 Å². The van der Waals surface area contributed by atoms with Gasteiger partial charge in [-0.1, -0.05) is 0 Å². The topological polar surface area (TPSA) is 64.9 Å². The number of hydrogen-bond acceptors (Lipinski definition) is 4. The molecule has 2 aliphatic rings. The summed E-state index contributed by atoms with van der Waals surface area (Å²) in [5.74, 6) is 1.29. The molecule has 1 unspecified atom stereocenters. The zero-order valence-electron chi connectivity index (χ0n) is 10.6. The van der Waals surface area contributed by atoms with Crippen LogP contribution in [0.5, 0.6) is 0 Å². The summed E-state index contributed by atoms with van der Waals surface area (Å²) >= 11 is 0. The van der Waals surface area contributed by atoms with Gasteiger partial charge in [-0.05, 0) is 26.4 Å². The van der Waals surface area contributed by atoms with Crippen molar-refractivity contribution in [3.05, 3.63) is 17.7 Å². The van der Waals surface area contributed by atoms with Gasteiger partial charge >= 0.3 is 0 Å². The minimum absolute atomic E-state index is 0.459. The Morgan fingerprint density at radius 2 is 2.44 bits per heavy atom. The summed E-state index contributed by atoms with van der Waals surface area (Å²) in [6.07, 6.45) is 4.32. The number of likely N-dealkylation sites (N-methyl/N-ethyl adjacent to an activating group) is 1. The van der Waals surface area contributed by atoms with Crippen molar-refractivity contribution in [1.29, 1.82) is 5.26 Å². The first-order chi connectivity index (χ1) is 8.73. The molecule has 0 aromatic carbocycles. The number of likely N-dealkylation sites (tertiary alicyclic amines) is 1. The molecule has 2 saturated heterocycles. The van der Waals surface area contributed by atoms with Crippen LogP contribution in [0.1, 0.15) is 30.3 Å². The quantitative estimate of drug-likeness (QED) is 0.846. The predicted molar refractivity (Wildman–Crippen MR) is 66.2 cm³/mol. The Labute approximate surface area is 107 Å². The van der Waals surface area contributed by atoms with E-state index in [1.807, 2.05) is 6.20 Å². The highest BCUT2D eigenvalue weighted by Gasteiger charge is 2.43. The molecular weight excluding hydrogens is 228 g/mol. The van der Waals surface area contributed by atoms with E-state index in [2.05, 4.69) is 28.0 Å². The Balaban J connectivity index is 1.79. The summed E-state index contributed by atoms with van der Waals surface area (Å²) in [4.78, 5) is 10.1. The van der Waals surface area contributed by atoms with Crippen LogP contribution in [0.2, 0.25) is 0 Å². The van der Waals surface area contributed by atoms with Gasteiger partial charge in [0.25, 0.3) is 0 Å². The van der Waals surface area contributed by atoms with Crippen molar-refractivity contribution < 1.29 is 4.74 Å². The molecule has 0 amide bonds. The number of hydrogen-bond donors (Lipinski definition) is 1. The predicted octanol–water partition coefficient (Wildman–Crippen LogP) is 1.01. The zero-order valence-corrected chi connectivity index (χ0v) is 10.6. The van der Waals surface area contributed by atoms with E-state index >= 15 is 0 Å². The number of H-pyrrole nitrogens is 1. The van der Waals surface area contributed by atoms with E-state index in [9.17, 15) is 5.26 Å². The van der Waals surface area contributed by atoms with Gasteiger partial charge in [0.15, 0.2) is 5.41 Å². The van der Waals surface area contributed by atoms with Crippen molar-refractivity contribution in [2.45, 2.75) is 24.2 Å². The number of imidazole rings is 1. The fraction of sp³-hybridized carbons (Fsp3) is 0.692. The van der Waals surface area contributed by atoms with Crippen molar-refractivity contribution >= 4 is 0 Å². The summed E-state index contributed by atoms with van der Waals surface area (Å²) in [5.41, 5.74) is 0.636. The number of rotatable bonds is 2. The number of nitriles is 1. The van der Waals surface area contributed by atoms with Gasteiger partial charge in [-0.25, -0.2) is 4.98 Å². The van der Waals surface area contributed by atoms with Gasteiger partial charge in [-0.2, -0.15) is 5.26 Å². The molecule has 1 atom stereocenters. The molecule has 2 aliphatic heterocycles. The number of nitrogens with one attached hydrogen (secondary N) is 1. The first-order valence-electron chi connectivity index (χ1n) is 6.46. The monoisotopic (exact) mass is 246 g/mol. The van der Waals surface area contributed by atoms with Crippen LogP contribution in [0.3, 0.4) is 0 Å². The second-order valence-electron chi connectivity index (χ2n) is 5.48. The summed E-state index contributed by atoms with van der Waals surface area (Å²) in [6, 6.07) is 2.33. The first kappa shape index (κ1) is 11.7. The molecule has 1 aromatic heterocycles. The lowest BCUT2D eigenvalue weighted by Crippen LogP contribution is -2.46. The second kappa shape index (κ2) is 4.38. The van der Waals surface area contributed by atoms with E-state index < -0.39 is 5.41 Å². The molecule has 0 bridgehead atoms.